The largest absolute Gasteiger partial charge is 0.280 e. The molecular weight excluding hydrogens is 235 g/mol. The van der Waals surface area contributed by atoms with Crippen LogP contribution in [0, 0.1) is 0 Å². The Labute approximate surface area is 97.3 Å². The molecule has 0 unspecified atom stereocenters. The van der Waals surface area contributed by atoms with Gasteiger partial charge in [0, 0.05) is 5.56 Å². The third-order valence-electron chi connectivity index (χ3n) is 2.10. The second-order valence-corrected chi connectivity index (χ2v) is 4.10. The molecule has 1 saturated heterocycles. The van der Waals surface area contributed by atoms with E-state index in [2.05, 4.69) is 5.43 Å². The van der Waals surface area contributed by atoms with Crippen LogP contribution in [0.1, 0.15) is 12.0 Å². The van der Waals surface area contributed by atoms with Gasteiger partial charge in [0.1, 0.15) is 0 Å². The minimum Gasteiger partial charge on any atom is -0.269 e. The van der Waals surface area contributed by atoms with Gasteiger partial charge in [-0.15, -0.1) is 10.1 Å². The number of carbonyl (C=O) groups excluding carboxylic acids is 1. The van der Waals surface area contributed by atoms with Gasteiger partial charge in [-0.05, 0) is 18.2 Å². The van der Waals surface area contributed by atoms with Crippen LogP contribution >= 0.6 is 23.2 Å². The second kappa shape index (κ2) is 4.21. The van der Waals surface area contributed by atoms with Gasteiger partial charge in [-0.25, -0.2) is 0 Å². The number of hydrazone groups is 1. The number of hydrogen-bond acceptors (Lipinski definition) is 1. The standard InChI is InChI=1S/C10H8Cl2N2O/c11-8-2-1-7(5-9(8)12)6-14-4-3-10(15)13-14/h1-2,5-6H,3-4H2/p+1/b14-6-. The molecule has 0 aliphatic carbocycles. The van der Waals surface area contributed by atoms with Gasteiger partial charge in [0.2, 0.25) is 6.21 Å². The van der Waals surface area contributed by atoms with E-state index in [9.17, 15) is 4.79 Å². The van der Waals surface area contributed by atoms with E-state index >= 15 is 0 Å². The fourth-order valence-corrected chi connectivity index (χ4v) is 1.67. The predicted octanol–water partition coefficient (Wildman–Crippen LogP) is 1.86. The quantitative estimate of drug-likeness (QED) is 0.751. The summed E-state index contributed by atoms with van der Waals surface area (Å²) in [5, 5.41) is 1.04. The molecule has 1 aromatic carbocycles. The summed E-state index contributed by atoms with van der Waals surface area (Å²) in [5.74, 6) is 0.0336. The molecule has 1 N–H and O–H groups in total. The molecule has 1 fully saturated rings. The highest BCUT2D eigenvalue weighted by Gasteiger charge is 2.20. The summed E-state index contributed by atoms with van der Waals surface area (Å²) in [4.78, 5) is 10.9. The van der Waals surface area contributed by atoms with E-state index in [1.54, 1.807) is 16.8 Å². The molecule has 0 bridgehead atoms. The number of benzene rings is 1. The van der Waals surface area contributed by atoms with Crippen LogP contribution in [0.25, 0.3) is 0 Å². The summed E-state index contributed by atoms with van der Waals surface area (Å²) in [5.41, 5.74) is 3.61. The second-order valence-electron chi connectivity index (χ2n) is 3.28. The summed E-state index contributed by atoms with van der Waals surface area (Å²) >= 11 is 11.7. The highest BCUT2D eigenvalue weighted by atomic mass is 35.5. The van der Waals surface area contributed by atoms with E-state index in [1.807, 2.05) is 12.3 Å². The van der Waals surface area contributed by atoms with E-state index in [-0.39, 0.29) is 5.91 Å². The van der Waals surface area contributed by atoms with Gasteiger partial charge in [0.05, 0.1) is 16.5 Å². The first kappa shape index (κ1) is 10.5. The minimum absolute atomic E-state index is 0.0336. The number of nitrogens with one attached hydrogen (secondary N) is 1. The number of hydrazine groups is 1. The number of halogens is 2. The molecule has 0 radical (unpaired) electrons. The van der Waals surface area contributed by atoms with Crippen molar-refractivity contribution in [3.05, 3.63) is 33.8 Å². The van der Waals surface area contributed by atoms with Crippen LogP contribution in [0.2, 0.25) is 10.0 Å². The molecule has 1 amide bonds. The fraction of sp³-hybridized carbons (Fsp3) is 0.200. The van der Waals surface area contributed by atoms with Crippen molar-refractivity contribution in [2.75, 3.05) is 6.54 Å². The van der Waals surface area contributed by atoms with Gasteiger partial charge in [-0.3, -0.25) is 4.79 Å². The summed E-state index contributed by atoms with van der Waals surface area (Å²) in [6, 6.07) is 5.33. The maximum atomic E-state index is 10.9. The molecule has 1 heterocycles. The lowest BCUT2D eigenvalue weighted by atomic mass is 10.2. The van der Waals surface area contributed by atoms with Gasteiger partial charge in [0.25, 0.3) is 5.91 Å². The topological polar surface area (TPSA) is 32.1 Å². The summed E-state index contributed by atoms with van der Waals surface area (Å²) in [7, 11) is 0. The van der Waals surface area contributed by atoms with Gasteiger partial charge in [-0.2, -0.15) is 0 Å². The molecule has 0 spiro atoms. The molecule has 1 aromatic rings. The van der Waals surface area contributed by atoms with Crippen LogP contribution in [-0.2, 0) is 4.79 Å². The van der Waals surface area contributed by atoms with Gasteiger partial charge in [-0.1, -0.05) is 23.2 Å². The summed E-state index contributed by atoms with van der Waals surface area (Å²) in [6.45, 7) is 0.680. The van der Waals surface area contributed by atoms with Crippen molar-refractivity contribution in [3.63, 3.8) is 0 Å². The minimum atomic E-state index is 0.0336. The lowest BCUT2D eigenvalue weighted by molar-refractivity contribution is -0.553. The monoisotopic (exact) mass is 243 g/mol. The van der Waals surface area contributed by atoms with Crippen molar-refractivity contribution in [1.82, 2.24) is 5.43 Å². The Bertz CT molecular complexity index is 443. The Morgan fingerprint density at radius 2 is 2.13 bits per heavy atom. The van der Waals surface area contributed by atoms with Crippen molar-refractivity contribution in [2.45, 2.75) is 6.42 Å². The Kier molecular flexibility index (Phi) is 2.93. The zero-order valence-corrected chi connectivity index (χ0v) is 9.35. The molecule has 78 valence electrons. The number of rotatable bonds is 1. The normalized spacial score (nSPS) is 18.3. The van der Waals surface area contributed by atoms with E-state index in [1.165, 1.54) is 0 Å². The molecule has 3 nitrogen and oxygen atoms in total. The zero-order chi connectivity index (χ0) is 10.8. The average Bonchev–Trinajstić information content (AvgIpc) is 2.58. The SMILES string of the molecule is O=C1CC/[N+](=C/c2ccc(Cl)c(Cl)c2)N1. The molecular formula is C10H9Cl2N2O+. The van der Waals surface area contributed by atoms with Crippen LogP contribution in [-0.4, -0.2) is 23.4 Å². The number of hydrogen-bond donors (Lipinski definition) is 1. The summed E-state index contributed by atoms with van der Waals surface area (Å²) in [6.07, 6.45) is 2.35. The lowest BCUT2D eigenvalue weighted by Crippen LogP contribution is -2.25. The van der Waals surface area contributed by atoms with Crippen LogP contribution in [0.15, 0.2) is 18.2 Å². The molecule has 5 heteroatoms. The van der Waals surface area contributed by atoms with Crippen molar-refractivity contribution >= 4 is 35.3 Å². The smallest absolute Gasteiger partial charge is 0.269 e. The van der Waals surface area contributed by atoms with Crippen molar-refractivity contribution in [2.24, 2.45) is 0 Å². The van der Waals surface area contributed by atoms with Crippen LogP contribution < -0.4 is 5.43 Å². The number of nitrogens with zero attached hydrogens (tertiary/aromatic N) is 1. The van der Waals surface area contributed by atoms with E-state index in [4.69, 9.17) is 23.2 Å². The molecule has 15 heavy (non-hydrogen) atoms. The molecule has 2 rings (SSSR count). The van der Waals surface area contributed by atoms with E-state index < -0.39 is 0 Å². The first-order valence-electron chi connectivity index (χ1n) is 4.51. The highest BCUT2D eigenvalue weighted by molar-refractivity contribution is 6.42. The predicted molar refractivity (Wildman–Crippen MR) is 59.5 cm³/mol. The van der Waals surface area contributed by atoms with E-state index in [0.29, 0.717) is 23.0 Å². The lowest BCUT2D eigenvalue weighted by Gasteiger charge is -1.96. The third-order valence-corrected chi connectivity index (χ3v) is 2.84. The van der Waals surface area contributed by atoms with Crippen LogP contribution in [0.3, 0.4) is 0 Å². The highest BCUT2D eigenvalue weighted by Crippen LogP contribution is 2.21. The third kappa shape index (κ3) is 2.49. The van der Waals surface area contributed by atoms with Crippen LogP contribution in [0.5, 0.6) is 0 Å². The van der Waals surface area contributed by atoms with Crippen molar-refractivity contribution in [3.8, 4) is 0 Å². The van der Waals surface area contributed by atoms with Gasteiger partial charge in [0.15, 0.2) is 6.54 Å². The number of carbonyl (C=O) groups is 1. The van der Waals surface area contributed by atoms with Crippen molar-refractivity contribution in [1.29, 1.82) is 0 Å². The zero-order valence-electron chi connectivity index (χ0n) is 7.84. The van der Waals surface area contributed by atoms with Gasteiger partial charge < -0.3 is 0 Å². The summed E-state index contributed by atoms with van der Waals surface area (Å²) < 4.78 is 1.74. The van der Waals surface area contributed by atoms with E-state index in [0.717, 1.165) is 5.56 Å². The first-order chi connectivity index (χ1) is 7.15. The fourth-order valence-electron chi connectivity index (χ4n) is 1.36. The Morgan fingerprint density at radius 1 is 1.33 bits per heavy atom. The Morgan fingerprint density at radius 3 is 2.73 bits per heavy atom. The molecule has 0 saturated carbocycles. The maximum Gasteiger partial charge on any atom is 0.280 e. The van der Waals surface area contributed by atoms with Crippen molar-refractivity contribution < 1.29 is 9.48 Å². The maximum absolute atomic E-state index is 10.9. The Balaban J connectivity index is 2.24. The van der Waals surface area contributed by atoms with Crippen LogP contribution in [0.4, 0.5) is 0 Å². The molecule has 0 atom stereocenters. The first-order valence-corrected chi connectivity index (χ1v) is 5.27. The molecule has 1 aliphatic rings. The molecule has 0 aromatic heterocycles. The van der Waals surface area contributed by atoms with Gasteiger partial charge >= 0.3 is 0 Å². The average molecular weight is 244 g/mol. The number of amides is 1. The molecule has 1 aliphatic heterocycles. The Hall–Kier alpha value is -1.06.